The number of hydrogen-bond donors (Lipinski definition) is 0. The maximum Gasteiger partial charge on any atom is 0.192 e. The van der Waals surface area contributed by atoms with Gasteiger partial charge in [0.15, 0.2) is 8.32 Å². The van der Waals surface area contributed by atoms with Crippen LogP contribution in [0, 0.1) is 5.92 Å². The third-order valence-electron chi connectivity index (χ3n) is 7.12. The zero-order valence-corrected chi connectivity index (χ0v) is 29.6. The summed E-state index contributed by atoms with van der Waals surface area (Å²) in [5.74, 6) is 0.343. The van der Waals surface area contributed by atoms with E-state index >= 15 is 0 Å². The van der Waals surface area contributed by atoms with Gasteiger partial charge in [-0.2, -0.15) is 0 Å². The second-order valence-corrected chi connectivity index (χ2v) is 16.9. The molecule has 0 bridgehead atoms. The average molecular weight is 595 g/mol. The minimum Gasteiger partial charge on any atom is -0.416 e. The molecule has 0 aliphatic carbocycles. The van der Waals surface area contributed by atoms with Crippen LogP contribution in [0.4, 0.5) is 0 Å². The highest BCUT2D eigenvalue weighted by Crippen LogP contribution is 2.36. The fourth-order valence-corrected chi connectivity index (χ4v) is 4.52. The van der Waals surface area contributed by atoms with E-state index in [4.69, 9.17) is 4.43 Å². The van der Waals surface area contributed by atoms with E-state index in [-0.39, 0.29) is 5.04 Å². The summed E-state index contributed by atoms with van der Waals surface area (Å²) >= 11 is 0. The standard InChI is InChI=1S/C25H26OSi.C16H32/c1-8-9-10-11-12-13-14-15-16-17-18-19-20-21-22-24(2)23-26-27(6,7)25(3,4)5;1-3-5-7-9-11-13-15-16-14-12-10-8-6-4-2/h20-22,24H,1,23H2,2-7H3;3H,1,4-16H2,2H3/b22-21-;. The molecule has 0 aliphatic rings. The Bertz CT molecular complexity index is 1240. The fraction of sp³-hybridized carbons (Fsp3) is 0.561. The van der Waals surface area contributed by atoms with E-state index in [1.54, 1.807) is 6.08 Å². The van der Waals surface area contributed by atoms with Crippen molar-refractivity contribution in [3.63, 3.8) is 0 Å². The zero-order valence-electron chi connectivity index (χ0n) is 28.6. The first-order chi connectivity index (χ1) is 20.6. The van der Waals surface area contributed by atoms with Crippen molar-refractivity contribution in [3.05, 3.63) is 106 Å². The maximum atomic E-state index is 6.20. The molecule has 0 radical (unpaired) electrons. The van der Waals surface area contributed by atoms with Crippen LogP contribution in [0.25, 0.3) is 0 Å². The Hall–Kier alpha value is -3.24. The number of allylic oxidation sites excluding steroid dienone is 3. The first-order valence-electron chi connectivity index (χ1n) is 16.1. The van der Waals surface area contributed by atoms with E-state index in [1.165, 1.54) is 83.5 Å². The normalized spacial score (nSPS) is 10.5. The number of hydrogen-bond acceptors (Lipinski definition) is 1. The SMILES string of the molecule is C=C=C=C=C=C=C=C=C=C=C=C=C=C/C=C\C(C)CO[Si](C)(C)C(C)(C)C.C=CCCCCCCCCCCCCCC. The lowest BCUT2D eigenvalue weighted by atomic mass is 10.0. The zero-order chi connectivity index (χ0) is 32.5. The van der Waals surface area contributed by atoms with Gasteiger partial charge in [-0.05, 0) is 107 Å². The van der Waals surface area contributed by atoms with Gasteiger partial charge in [-0.1, -0.05) is 135 Å². The van der Waals surface area contributed by atoms with Gasteiger partial charge >= 0.3 is 0 Å². The van der Waals surface area contributed by atoms with Crippen LogP contribution in [0.1, 0.15) is 118 Å². The second-order valence-electron chi connectivity index (χ2n) is 12.1. The molecular formula is C41H58OSi. The molecule has 0 aliphatic heterocycles. The van der Waals surface area contributed by atoms with Gasteiger partial charge in [0, 0.05) is 6.61 Å². The first-order valence-corrected chi connectivity index (χ1v) is 19.1. The first kappa shape index (κ1) is 41.9. The molecule has 0 aromatic carbocycles. The molecule has 0 N–H and O–H groups in total. The Balaban J connectivity index is 0. The smallest absolute Gasteiger partial charge is 0.192 e. The van der Waals surface area contributed by atoms with Gasteiger partial charge < -0.3 is 4.43 Å². The van der Waals surface area contributed by atoms with Crippen molar-refractivity contribution in [2.45, 2.75) is 136 Å². The lowest BCUT2D eigenvalue weighted by Crippen LogP contribution is -2.41. The summed E-state index contributed by atoms with van der Waals surface area (Å²) in [5.41, 5.74) is 30.9. The minimum atomic E-state index is -1.68. The van der Waals surface area contributed by atoms with Gasteiger partial charge in [0.25, 0.3) is 0 Å². The molecule has 0 heterocycles. The molecule has 0 saturated heterocycles. The average Bonchev–Trinajstić information content (AvgIpc) is 2.96. The van der Waals surface area contributed by atoms with Crippen LogP contribution in [-0.2, 0) is 4.43 Å². The highest BCUT2D eigenvalue weighted by Gasteiger charge is 2.37. The molecule has 0 aromatic rings. The van der Waals surface area contributed by atoms with Gasteiger partial charge in [0.2, 0.25) is 0 Å². The molecule has 0 aromatic heterocycles. The molecule has 0 saturated carbocycles. The van der Waals surface area contributed by atoms with E-state index in [9.17, 15) is 0 Å². The third kappa shape index (κ3) is 31.5. The van der Waals surface area contributed by atoms with Crippen LogP contribution in [-0.4, -0.2) is 14.9 Å². The van der Waals surface area contributed by atoms with Gasteiger partial charge in [-0.3, -0.25) is 0 Å². The minimum absolute atomic E-state index is 0.232. The van der Waals surface area contributed by atoms with Crippen molar-refractivity contribution in [3.8, 4) is 0 Å². The number of unbranched alkanes of at least 4 members (excludes halogenated alkanes) is 12. The molecule has 0 amide bonds. The highest BCUT2D eigenvalue weighted by atomic mass is 28.4. The summed E-state index contributed by atoms with van der Waals surface area (Å²) in [5, 5.41) is 0.232. The van der Waals surface area contributed by atoms with Crippen LogP contribution < -0.4 is 0 Å². The van der Waals surface area contributed by atoms with Crippen LogP contribution in [0.3, 0.4) is 0 Å². The molecule has 0 spiro atoms. The van der Waals surface area contributed by atoms with Crippen molar-refractivity contribution in [1.29, 1.82) is 0 Å². The highest BCUT2D eigenvalue weighted by molar-refractivity contribution is 6.74. The van der Waals surface area contributed by atoms with Crippen molar-refractivity contribution >= 4 is 8.32 Å². The lowest BCUT2D eigenvalue weighted by Gasteiger charge is -2.36. The molecule has 43 heavy (non-hydrogen) atoms. The van der Waals surface area contributed by atoms with Crippen molar-refractivity contribution in [2.24, 2.45) is 5.92 Å². The van der Waals surface area contributed by atoms with Crippen molar-refractivity contribution in [1.82, 2.24) is 0 Å². The summed E-state index contributed by atoms with van der Waals surface area (Å²) in [6.07, 6.45) is 26.3. The maximum absolute atomic E-state index is 6.20. The number of rotatable bonds is 18. The van der Waals surface area contributed by atoms with Crippen LogP contribution in [0.5, 0.6) is 0 Å². The van der Waals surface area contributed by atoms with Gasteiger partial charge in [0.05, 0.1) is 0 Å². The molecule has 0 fully saturated rings. The van der Waals surface area contributed by atoms with Crippen LogP contribution in [0.2, 0.25) is 18.1 Å². The summed E-state index contributed by atoms with van der Waals surface area (Å²) in [6.45, 7) is 23.5. The van der Waals surface area contributed by atoms with Crippen LogP contribution >= 0.6 is 0 Å². The quantitative estimate of drug-likeness (QED) is 0.0504. The monoisotopic (exact) mass is 594 g/mol. The Morgan fingerprint density at radius 2 is 1.14 bits per heavy atom. The molecule has 232 valence electrons. The van der Waals surface area contributed by atoms with Crippen LogP contribution in [0.15, 0.2) is 106 Å². The topological polar surface area (TPSA) is 9.23 Å². The predicted molar refractivity (Wildman–Crippen MR) is 190 cm³/mol. The van der Waals surface area contributed by atoms with Crippen molar-refractivity contribution < 1.29 is 4.43 Å². The van der Waals surface area contributed by atoms with Gasteiger partial charge in [-0.25, -0.2) is 0 Å². The Labute approximate surface area is 267 Å². The molecule has 2 heteroatoms. The Morgan fingerprint density at radius 1 is 0.698 bits per heavy atom. The molecule has 0 rings (SSSR count). The van der Waals surface area contributed by atoms with Crippen molar-refractivity contribution in [2.75, 3.05) is 6.61 Å². The van der Waals surface area contributed by atoms with E-state index < -0.39 is 8.32 Å². The van der Waals surface area contributed by atoms with Gasteiger partial charge in [0.1, 0.15) is 0 Å². The Morgan fingerprint density at radius 3 is 1.58 bits per heavy atom. The molecule has 1 nitrogen and oxygen atoms in total. The summed E-state index contributed by atoms with van der Waals surface area (Å²) in [4.78, 5) is 0. The van der Waals surface area contributed by atoms with E-state index in [2.05, 4.69) is 136 Å². The largest absolute Gasteiger partial charge is 0.416 e. The molecule has 1 unspecified atom stereocenters. The third-order valence-corrected chi connectivity index (χ3v) is 11.6. The molecule has 1 atom stereocenters. The van der Waals surface area contributed by atoms with E-state index in [0.717, 1.165) is 6.61 Å². The fourth-order valence-electron chi connectivity index (χ4n) is 3.41. The molecular weight excluding hydrogens is 537 g/mol. The van der Waals surface area contributed by atoms with E-state index in [1.807, 2.05) is 12.2 Å². The summed E-state index contributed by atoms with van der Waals surface area (Å²) in [6, 6.07) is 0. The van der Waals surface area contributed by atoms with E-state index in [0.29, 0.717) is 5.92 Å². The van der Waals surface area contributed by atoms with Gasteiger partial charge in [-0.15, -0.1) is 6.58 Å². The lowest BCUT2D eigenvalue weighted by molar-refractivity contribution is 0.259. The summed E-state index contributed by atoms with van der Waals surface area (Å²) < 4.78 is 6.20. The summed E-state index contributed by atoms with van der Waals surface area (Å²) in [7, 11) is -1.68. The predicted octanol–water partition coefficient (Wildman–Crippen LogP) is 12.5. The second kappa shape index (κ2) is 30.2. The Kier molecular flexibility index (Phi) is 29.4.